The number of amides is 1. The standard InChI is InChI=1S/C17H17N3O2S/c1-11-4-5-13-14(8-18)17(23-15(13)7-11)19-16(22)10-20-6-2-3-12(21)9-20/h2-3,6,9,11H,4-5,7,10H2,1H3,(H-,19,21,22)/p+1/t11-/m0/s1. The third kappa shape index (κ3) is 3.35. The Kier molecular flexibility index (Phi) is 4.30. The van der Waals surface area contributed by atoms with Gasteiger partial charge >= 0.3 is 0 Å². The van der Waals surface area contributed by atoms with Gasteiger partial charge in [0.1, 0.15) is 11.1 Å². The van der Waals surface area contributed by atoms with Crippen molar-refractivity contribution in [3.63, 3.8) is 0 Å². The second-order valence-corrected chi connectivity index (χ2v) is 7.06. The van der Waals surface area contributed by atoms with E-state index in [1.165, 1.54) is 22.4 Å². The molecule has 118 valence electrons. The minimum Gasteiger partial charge on any atom is -0.503 e. The molecule has 2 aromatic rings. The van der Waals surface area contributed by atoms with E-state index in [1.807, 2.05) is 0 Å². The molecule has 0 unspecified atom stereocenters. The number of rotatable bonds is 3. The molecule has 23 heavy (non-hydrogen) atoms. The van der Waals surface area contributed by atoms with Gasteiger partial charge in [-0.2, -0.15) is 9.83 Å². The maximum atomic E-state index is 12.2. The number of nitrogens with one attached hydrogen (secondary N) is 1. The summed E-state index contributed by atoms with van der Waals surface area (Å²) < 4.78 is 1.60. The number of aromatic hydroxyl groups is 1. The van der Waals surface area contributed by atoms with Crippen molar-refractivity contribution in [2.75, 3.05) is 5.32 Å². The van der Waals surface area contributed by atoms with Crippen LogP contribution in [-0.2, 0) is 24.2 Å². The molecule has 0 fully saturated rings. The number of nitriles is 1. The lowest BCUT2D eigenvalue weighted by Crippen LogP contribution is -2.39. The molecule has 1 atom stereocenters. The van der Waals surface area contributed by atoms with Gasteiger partial charge in [0, 0.05) is 10.9 Å². The highest BCUT2D eigenvalue weighted by atomic mass is 32.1. The van der Waals surface area contributed by atoms with Gasteiger partial charge in [-0.3, -0.25) is 4.79 Å². The summed E-state index contributed by atoms with van der Waals surface area (Å²) >= 11 is 1.52. The maximum absolute atomic E-state index is 12.2. The first-order valence-electron chi connectivity index (χ1n) is 7.59. The molecule has 1 aliphatic rings. The predicted molar refractivity (Wildman–Crippen MR) is 87.2 cm³/mol. The van der Waals surface area contributed by atoms with Crippen molar-refractivity contribution in [3.8, 4) is 11.8 Å². The van der Waals surface area contributed by atoms with Gasteiger partial charge in [-0.15, -0.1) is 11.3 Å². The Morgan fingerprint density at radius 3 is 3.17 bits per heavy atom. The fourth-order valence-electron chi connectivity index (χ4n) is 2.90. The SMILES string of the molecule is C[C@H]1CCc2c(sc(NC(=O)C[n+]3cccc(O)c3)c2C#N)C1. The third-order valence-corrected chi connectivity index (χ3v) is 5.22. The maximum Gasteiger partial charge on any atom is 0.290 e. The quantitative estimate of drug-likeness (QED) is 0.849. The highest BCUT2D eigenvalue weighted by Gasteiger charge is 2.25. The van der Waals surface area contributed by atoms with Gasteiger partial charge in [-0.1, -0.05) is 6.92 Å². The highest BCUT2D eigenvalue weighted by Crippen LogP contribution is 2.39. The van der Waals surface area contributed by atoms with Crippen LogP contribution in [0, 0.1) is 17.2 Å². The molecule has 0 radical (unpaired) electrons. The average Bonchev–Trinajstić information content (AvgIpc) is 2.82. The number of aromatic nitrogens is 1. The van der Waals surface area contributed by atoms with E-state index >= 15 is 0 Å². The van der Waals surface area contributed by atoms with Gasteiger partial charge in [0.25, 0.3) is 5.91 Å². The van der Waals surface area contributed by atoms with E-state index in [4.69, 9.17) is 0 Å². The number of hydrogen-bond acceptors (Lipinski definition) is 4. The lowest BCUT2D eigenvalue weighted by Gasteiger charge is -2.17. The number of carbonyl (C=O) groups is 1. The van der Waals surface area contributed by atoms with Gasteiger partial charge in [-0.05, 0) is 36.8 Å². The monoisotopic (exact) mass is 328 g/mol. The average molecular weight is 328 g/mol. The number of thiophene rings is 1. The molecule has 0 aliphatic heterocycles. The van der Waals surface area contributed by atoms with Gasteiger partial charge in [0.05, 0.1) is 5.56 Å². The van der Waals surface area contributed by atoms with Crippen molar-refractivity contribution in [1.29, 1.82) is 5.26 Å². The van der Waals surface area contributed by atoms with Crippen molar-refractivity contribution >= 4 is 22.2 Å². The van der Waals surface area contributed by atoms with E-state index < -0.39 is 0 Å². The van der Waals surface area contributed by atoms with Crippen LogP contribution in [-0.4, -0.2) is 11.0 Å². The molecular weight excluding hydrogens is 310 g/mol. The summed E-state index contributed by atoms with van der Waals surface area (Å²) in [6.45, 7) is 2.31. The van der Waals surface area contributed by atoms with Gasteiger partial charge in [0.15, 0.2) is 11.9 Å². The summed E-state index contributed by atoms with van der Waals surface area (Å²) in [5.74, 6) is 0.529. The Morgan fingerprint density at radius 1 is 1.61 bits per heavy atom. The van der Waals surface area contributed by atoms with Crippen molar-refractivity contribution in [3.05, 3.63) is 40.5 Å². The van der Waals surface area contributed by atoms with Crippen LogP contribution in [0.15, 0.2) is 24.5 Å². The van der Waals surface area contributed by atoms with E-state index in [0.717, 1.165) is 24.8 Å². The number of pyridine rings is 1. The third-order valence-electron chi connectivity index (χ3n) is 4.05. The smallest absolute Gasteiger partial charge is 0.290 e. The molecule has 2 heterocycles. The van der Waals surface area contributed by atoms with E-state index in [1.54, 1.807) is 22.9 Å². The zero-order chi connectivity index (χ0) is 16.4. The largest absolute Gasteiger partial charge is 0.503 e. The molecular formula is C17H18N3O2S+. The number of anilines is 1. The first kappa shape index (κ1) is 15.5. The number of hydrogen-bond donors (Lipinski definition) is 2. The fraction of sp³-hybridized carbons (Fsp3) is 0.353. The highest BCUT2D eigenvalue weighted by molar-refractivity contribution is 7.16. The molecule has 0 bridgehead atoms. The van der Waals surface area contributed by atoms with Crippen LogP contribution in [0.2, 0.25) is 0 Å². The summed E-state index contributed by atoms with van der Waals surface area (Å²) in [6, 6.07) is 5.47. The van der Waals surface area contributed by atoms with E-state index in [-0.39, 0.29) is 18.2 Å². The molecule has 2 N–H and O–H groups in total. The lowest BCUT2D eigenvalue weighted by molar-refractivity contribution is -0.684. The summed E-state index contributed by atoms with van der Waals surface area (Å²) in [4.78, 5) is 13.4. The van der Waals surface area contributed by atoms with Crippen LogP contribution in [0.25, 0.3) is 0 Å². The van der Waals surface area contributed by atoms with Crippen LogP contribution < -0.4 is 9.88 Å². The summed E-state index contributed by atoms with van der Waals surface area (Å²) in [7, 11) is 0. The van der Waals surface area contributed by atoms with E-state index in [2.05, 4.69) is 18.3 Å². The molecule has 1 aliphatic carbocycles. The second kappa shape index (κ2) is 6.39. The van der Waals surface area contributed by atoms with Crippen molar-refractivity contribution < 1.29 is 14.5 Å². The molecule has 0 saturated heterocycles. The van der Waals surface area contributed by atoms with Crippen LogP contribution >= 0.6 is 11.3 Å². The van der Waals surface area contributed by atoms with E-state index in [9.17, 15) is 15.2 Å². The minimum atomic E-state index is -0.205. The normalized spacial score (nSPS) is 16.4. The molecule has 6 heteroatoms. The van der Waals surface area contributed by atoms with Crippen molar-refractivity contribution in [2.45, 2.75) is 32.7 Å². The molecule has 1 amide bonds. The zero-order valence-electron chi connectivity index (χ0n) is 12.9. The predicted octanol–water partition coefficient (Wildman–Crippen LogP) is 2.38. The molecule has 3 rings (SSSR count). The Labute approximate surface area is 138 Å². The number of fused-ring (bicyclic) bond motifs is 1. The fourth-order valence-corrected chi connectivity index (χ4v) is 4.27. The Morgan fingerprint density at radius 2 is 2.43 bits per heavy atom. The number of carbonyl (C=O) groups excluding carboxylic acids is 1. The van der Waals surface area contributed by atoms with Gasteiger partial charge in [0.2, 0.25) is 12.7 Å². The van der Waals surface area contributed by atoms with Gasteiger partial charge in [-0.25, -0.2) is 0 Å². The second-order valence-electron chi connectivity index (χ2n) is 5.95. The lowest BCUT2D eigenvalue weighted by atomic mass is 9.89. The Balaban J connectivity index is 1.78. The molecule has 5 nitrogen and oxygen atoms in total. The van der Waals surface area contributed by atoms with Crippen LogP contribution in [0.4, 0.5) is 5.00 Å². The van der Waals surface area contributed by atoms with Crippen LogP contribution in [0.3, 0.4) is 0 Å². The molecule has 0 aromatic carbocycles. The zero-order valence-corrected chi connectivity index (χ0v) is 13.7. The van der Waals surface area contributed by atoms with Crippen molar-refractivity contribution in [1.82, 2.24) is 0 Å². The first-order valence-corrected chi connectivity index (χ1v) is 8.41. The Bertz CT molecular complexity index is 792. The number of nitrogens with zero attached hydrogens (tertiary/aromatic N) is 2. The van der Waals surface area contributed by atoms with Crippen LogP contribution in [0.5, 0.6) is 5.75 Å². The van der Waals surface area contributed by atoms with E-state index in [0.29, 0.717) is 16.5 Å². The van der Waals surface area contributed by atoms with Crippen LogP contribution in [0.1, 0.15) is 29.3 Å². The van der Waals surface area contributed by atoms with Crippen molar-refractivity contribution in [2.24, 2.45) is 5.92 Å². The molecule has 0 spiro atoms. The summed E-state index contributed by atoms with van der Waals surface area (Å²) in [5.41, 5.74) is 1.72. The molecule has 0 saturated carbocycles. The van der Waals surface area contributed by atoms with Gasteiger partial charge < -0.3 is 10.4 Å². The Hall–Kier alpha value is -2.39. The summed E-state index contributed by atoms with van der Waals surface area (Å²) in [5, 5.41) is 22.4. The first-order chi connectivity index (χ1) is 11.1. The molecule has 2 aromatic heterocycles. The summed E-state index contributed by atoms with van der Waals surface area (Å²) in [6.07, 6.45) is 6.18. The topological polar surface area (TPSA) is 77.0 Å². The minimum absolute atomic E-state index is 0.0955.